The van der Waals surface area contributed by atoms with Crippen LogP contribution in [0, 0.1) is 0 Å². The van der Waals surface area contributed by atoms with Crippen molar-refractivity contribution in [3.05, 3.63) is 167 Å². The van der Waals surface area contributed by atoms with Crippen molar-refractivity contribution in [2.75, 3.05) is 0 Å². The van der Waals surface area contributed by atoms with Crippen LogP contribution in [0.1, 0.15) is 82.2 Å². The maximum atomic E-state index is 2.47. The summed E-state index contributed by atoms with van der Waals surface area (Å²) in [7, 11) is 0.777. The molecule has 0 bridgehead atoms. The molecule has 1 atom stereocenters. The first-order chi connectivity index (χ1) is 23.0. The molecule has 8 rings (SSSR count). The third-order valence-electron chi connectivity index (χ3n) is 9.87. The molecule has 51 heavy (non-hydrogen) atoms. The number of hydrogen-bond acceptors (Lipinski definition) is 0. The quantitative estimate of drug-likeness (QED) is 0.167. The molecule has 4 heteroatoms. The van der Waals surface area contributed by atoms with E-state index in [1.54, 1.807) is 0 Å². The Labute approximate surface area is 338 Å². The fraction of sp³-hybridized carbons (Fsp3) is 0.213. The smallest absolute Gasteiger partial charge is 1.00 e. The minimum absolute atomic E-state index is 0. The number of allylic oxidation sites excluding steroid dienone is 1. The maximum absolute atomic E-state index is 2.47. The van der Waals surface area contributed by atoms with Crippen molar-refractivity contribution in [3.8, 4) is 0 Å². The summed E-state index contributed by atoms with van der Waals surface area (Å²) in [5, 5.41) is 11.0. The van der Waals surface area contributed by atoms with Gasteiger partial charge in [-0.2, -0.15) is 0 Å². The van der Waals surface area contributed by atoms with E-state index in [-0.39, 0.29) is 67.8 Å². The van der Waals surface area contributed by atoms with Gasteiger partial charge in [0.2, 0.25) is 0 Å². The van der Waals surface area contributed by atoms with Crippen molar-refractivity contribution in [1.82, 2.24) is 0 Å². The third-order valence-corrected chi connectivity index (χ3v) is 11.1. The van der Waals surface area contributed by atoms with Crippen LogP contribution in [0.15, 0.2) is 139 Å². The Morgan fingerprint density at radius 1 is 0.588 bits per heavy atom. The minimum Gasteiger partial charge on any atom is -1.00 e. The van der Waals surface area contributed by atoms with E-state index in [1.165, 1.54) is 76.1 Å². The van der Waals surface area contributed by atoms with E-state index in [0.29, 0.717) is 0 Å². The predicted octanol–water partition coefficient (Wildman–Crippen LogP) is 5.36. The van der Waals surface area contributed by atoms with E-state index in [9.17, 15) is 0 Å². The number of halogens is 2. The summed E-state index contributed by atoms with van der Waals surface area (Å²) in [5.74, 6) is 0.284. The Balaban J connectivity index is 0.000000310. The van der Waals surface area contributed by atoms with Gasteiger partial charge in [0, 0.05) is 5.92 Å². The zero-order valence-corrected chi connectivity index (χ0v) is 35.6. The van der Waals surface area contributed by atoms with Gasteiger partial charge in [0.25, 0.3) is 0 Å². The van der Waals surface area contributed by atoms with Gasteiger partial charge in [-0.1, -0.05) is 202 Å². The van der Waals surface area contributed by atoms with Gasteiger partial charge in [0.05, 0.1) is 0 Å². The number of fused-ring (bicyclic) bond motifs is 6. The average Bonchev–Trinajstić information content (AvgIpc) is 3.61. The molecule has 0 saturated carbocycles. The van der Waals surface area contributed by atoms with Crippen molar-refractivity contribution < 1.29 is 51.0 Å². The van der Waals surface area contributed by atoms with Crippen LogP contribution in [0.4, 0.5) is 0 Å². The summed E-state index contributed by atoms with van der Waals surface area (Å²) in [5.41, 5.74) is 8.82. The van der Waals surface area contributed by atoms with Crippen LogP contribution in [0.25, 0.3) is 38.4 Å². The van der Waals surface area contributed by atoms with Crippen LogP contribution in [0.2, 0.25) is 0 Å². The molecule has 0 amide bonds. The standard InChI is InChI=1S/C35H35.C12H10Si.2ClH.Zr/c1-21-18-29-25-11-9-8-10-22(25)12-14-28(29)32(21)33-30-20-23-19-24(34(2,3)4)13-15-26(23)27(30)16-17-31(33)35(5,6)7;1-3-7-11(8-4-1)13-12-9-5-2-6-10-12;;;/h8-20,32H,1-7H3;1-10H;2*1H;/q-1;;;;+3/p-2. The molecule has 1 aliphatic rings. The Morgan fingerprint density at radius 3 is 1.78 bits per heavy atom. The van der Waals surface area contributed by atoms with Crippen LogP contribution < -0.4 is 35.2 Å². The van der Waals surface area contributed by atoms with Crippen LogP contribution in [-0.4, -0.2) is 9.52 Å². The maximum Gasteiger partial charge on any atom is 3.00 e. The molecule has 1 unspecified atom stereocenters. The second-order valence-corrected chi connectivity index (χ2v) is 16.8. The predicted molar refractivity (Wildman–Crippen MR) is 212 cm³/mol. The molecule has 0 spiro atoms. The van der Waals surface area contributed by atoms with Crippen LogP contribution >= 0.6 is 0 Å². The molecule has 3 radical (unpaired) electrons. The summed E-state index contributed by atoms with van der Waals surface area (Å²) >= 11 is 0. The van der Waals surface area contributed by atoms with Gasteiger partial charge in [0.15, 0.2) is 0 Å². The normalized spacial score (nSPS) is 13.7. The van der Waals surface area contributed by atoms with E-state index < -0.39 is 0 Å². The van der Waals surface area contributed by atoms with Crippen LogP contribution in [0.3, 0.4) is 0 Å². The van der Waals surface area contributed by atoms with Crippen molar-refractivity contribution in [2.24, 2.45) is 0 Å². The second kappa shape index (κ2) is 16.3. The molecule has 0 N–H and O–H groups in total. The van der Waals surface area contributed by atoms with Gasteiger partial charge < -0.3 is 24.8 Å². The van der Waals surface area contributed by atoms with Gasteiger partial charge in [-0.05, 0) is 39.7 Å². The molecule has 7 aromatic rings. The van der Waals surface area contributed by atoms with Crippen molar-refractivity contribution >= 4 is 58.3 Å². The first kappa shape index (κ1) is 40.6. The summed E-state index contributed by atoms with van der Waals surface area (Å²) in [6.07, 6.45) is 2.44. The van der Waals surface area contributed by atoms with Crippen LogP contribution in [-0.2, 0) is 37.0 Å². The molecule has 0 fully saturated rings. The van der Waals surface area contributed by atoms with Crippen molar-refractivity contribution in [2.45, 2.75) is 65.2 Å². The monoisotopic (exact) mass is 797 g/mol. The Morgan fingerprint density at radius 2 is 1.18 bits per heavy atom. The van der Waals surface area contributed by atoms with E-state index in [4.69, 9.17) is 0 Å². The van der Waals surface area contributed by atoms with Crippen molar-refractivity contribution in [3.63, 3.8) is 0 Å². The SMILES string of the molecule is CC1=Cc2c(ccc3ccccc23)C1c1c(C(C)(C)C)ccc2c1[cH-]c1cc(C(C)(C)C)ccc12.[Cl-].[Cl-].[Zr+3].c1ccc([Si]c2ccccc2)cc1. The molecule has 0 heterocycles. The first-order valence-electron chi connectivity index (χ1n) is 17.2. The molecule has 7 aromatic carbocycles. The molecule has 0 aliphatic heterocycles. The molecule has 0 aromatic heterocycles. The number of rotatable bonds is 3. The van der Waals surface area contributed by atoms with E-state index in [1.807, 2.05) is 0 Å². The topological polar surface area (TPSA) is 0 Å². The van der Waals surface area contributed by atoms with Crippen molar-refractivity contribution in [1.29, 1.82) is 0 Å². The Bertz CT molecular complexity index is 2250. The first-order valence-corrected chi connectivity index (χ1v) is 18.2. The van der Waals surface area contributed by atoms with Crippen LogP contribution in [0.5, 0.6) is 0 Å². The fourth-order valence-electron chi connectivity index (χ4n) is 7.42. The van der Waals surface area contributed by atoms with E-state index >= 15 is 0 Å². The molecule has 255 valence electrons. The molecule has 1 aliphatic carbocycles. The number of benzene rings is 6. The zero-order valence-electron chi connectivity index (χ0n) is 30.6. The summed E-state index contributed by atoms with van der Waals surface area (Å²) < 4.78 is 0. The molecule has 0 saturated heterocycles. The Hall–Kier alpha value is -3.13. The summed E-state index contributed by atoms with van der Waals surface area (Å²) in [4.78, 5) is 0. The third kappa shape index (κ3) is 8.26. The van der Waals surface area contributed by atoms with E-state index in [0.717, 1.165) is 9.52 Å². The van der Waals surface area contributed by atoms with Gasteiger partial charge in [-0.3, -0.25) is 0 Å². The number of hydrogen-bond donors (Lipinski definition) is 0. The van der Waals surface area contributed by atoms with Gasteiger partial charge in [0.1, 0.15) is 9.52 Å². The minimum atomic E-state index is 0. The van der Waals surface area contributed by atoms with Gasteiger partial charge >= 0.3 is 26.2 Å². The zero-order chi connectivity index (χ0) is 33.6. The molecule has 0 nitrogen and oxygen atoms in total. The summed E-state index contributed by atoms with van der Waals surface area (Å²) in [6, 6.07) is 49.0. The Kier molecular flexibility index (Phi) is 13.0. The second-order valence-electron chi connectivity index (χ2n) is 15.4. The molecular weight excluding hydrogens is 755 g/mol. The fourth-order valence-corrected chi connectivity index (χ4v) is 8.47. The molecular formula is C47H45Cl2SiZr. The average molecular weight is 800 g/mol. The largest absolute Gasteiger partial charge is 3.00 e. The van der Waals surface area contributed by atoms with E-state index in [2.05, 4.69) is 188 Å². The summed E-state index contributed by atoms with van der Waals surface area (Å²) in [6.45, 7) is 16.3. The van der Waals surface area contributed by atoms with Gasteiger partial charge in [-0.25, -0.2) is 0 Å². The van der Waals surface area contributed by atoms with Gasteiger partial charge in [-0.15, -0.1) is 33.7 Å².